The lowest BCUT2D eigenvalue weighted by Crippen LogP contribution is -2.38. The highest BCUT2D eigenvalue weighted by Gasteiger charge is 2.20. The van der Waals surface area contributed by atoms with Gasteiger partial charge in [-0.3, -0.25) is 4.90 Å². The average molecular weight is 360 g/mol. The number of piperidine rings is 1. The van der Waals surface area contributed by atoms with Gasteiger partial charge in [0.15, 0.2) is 0 Å². The third kappa shape index (κ3) is 4.94. The van der Waals surface area contributed by atoms with E-state index in [1.165, 1.54) is 11.6 Å². The van der Waals surface area contributed by atoms with Crippen LogP contribution < -0.4 is 16.2 Å². The summed E-state index contributed by atoms with van der Waals surface area (Å²) in [7, 11) is -3.76. The number of benzene rings is 2. The van der Waals surface area contributed by atoms with E-state index in [4.69, 9.17) is 10.9 Å². The van der Waals surface area contributed by atoms with Crippen LogP contribution in [0.3, 0.4) is 0 Å². The Bertz CT molecular complexity index is 816. The number of nitrogen functional groups attached to an aromatic ring is 1. The highest BCUT2D eigenvalue weighted by atomic mass is 32.2. The second-order valence-corrected chi connectivity index (χ2v) is 8.08. The smallest absolute Gasteiger partial charge is 0.238 e. The minimum Gasteiger partial charge on any atom is -0.399 e. The first-order valence-corrected chi connectivity index (χ1v) is 9.91. The van der Waals surface area contributed by atoms with Crippen LogP contribution >= 0.6 is 0 Å². The van der Waals surface area contributed by atoms with Crippen LogP contribution in [0.5, 0.6) is 0 Å². The van der Waals surface area contributed by atoms with Gasteiger partial charge < -0.3 is 11.1 Å². The summed E-state index contributed by atoms with van der Waals surface area (Å²) in [5, 5.41) is 8.59. The van der Waals surface area contributed by atoms with E-state index in [-0.39, 0.29) is 4.90 Å². The number of rotatable bonds is 5. The Morgan fingerprint density at radius 3 is 2.40 bits per heavy atom. The minimum absolute atomic E-state index is 0.0384. The molecular weight excluding hydrogens is 336 g/mol. The van der Waals surface area contributed by atoms with E-state index in [1.807, 2.05) is 6.07 Å². The standard InChI is InChI=1S/C18H24N4O2S/c19-15-10-17(12-18(11-15)25(20,23)24)21-16-6-8-22(9-7-16)13-14-4-2-1-3-5-14/h1-5,10-12,16,21H,6-9,13,19H2,(H2,20,23,24). The maximum atomic E-state index is 11.5. The fraction of sp³-hybridized carbons (Fsp3) is 0.333. The molecule has 0 radical (unpaired) electrons. The van der Waals surface area contributed by atoms with Crippen molar-refractivity contribution in [2.24, 2.45) is 5.14 Å². The Morgan fingerprint density at radius 1 is 1.08 bits per heavy atom. The summed E-state index contributed by atoms with van der Waals surface area (Å²) in [5.41, 5.74) is 8.21. The lowest BCUT2D eigenvalue weighted by molar-refractivity contribution is 0.211. The molecule has 1 fully saturated rings. The fourth-order valence-electron chi connectivity index (χ4n) is 3.18. The topological polar surface area (TPSA) is 101 Å². The van der Waals surface area contributed by atoms with Crippen LogP contribution in [0, 0.1) is 0 Å². The molecule has 2 aromatic carbocycles. The molecular formula is C18H24N4O2S. The number of hydrogen-bond donors (Lipinski definition) is 3. The predicted molar refractivity (Wildman–Crippen MR) is 101 cm³/mol. The molecule has 0 spiro atoms. The van der Waals surface area contributed by atoms with Crippen LogP contribution in [0.1, 0.15) is 18.4 Å². The Hall–Kier alpha value is -2.09. The summed E-state index contributed by atoms with van der Waals surface area (Å²) < 4.78 is 23.1. The van der Waals surface area contributed by atoms with Crippen LogP contribution in [-0.2, 0) is 16.6 Å². The summed E-state index contributed by atoms with van der Waals surface area (Å²) in [6, 6.07) is 15.4. The number of nitrogens with zero attached hydrogens (tertiary/aromatic N) is 1. The van der Waals surface area contributed by atoms with Crippen LogP contribution in [0.15, 0.2) is 53.4 Å². The molecule has 1 saturated heterocycles. The van der Waals surface area contributed by atoms with E-state index >= 15 is 0 Å². The van der Waals surface area contributed by atoms with Gasteiger partial charge in [-0.05, 0) is 36.6 Å². The van der Waals surface area contributed by atoms with Crippen LogP contribution in [0.4, 0.5) is 11.4 Å². The molecule has 1 aliphatic heterocycles. The van der Waals surface area contributed by atoms with Crippen molar-refractivity contribution in [1.29, 1.82) is 0 Å². The minimum atomic E-state index is -3.76. The molecule has 2 aromatic rings. The molecule has 0 atom stereocenters. The van der Waals surface area contributed by atoms with E-state index in [1.54, 1.807) is 12.1 Å². The number of nitrogens with two attached hydrogens (primary N) is 2. The van der Waals surface area contributed by atoms with Crippen molar-refractivity contribution in [1.82, 2.24) is 4.90 Å². The van der Waals surface area contributed by atoms with Gasteiger partial charge in [-0.2, -0.15) is 0 Å². The first-order valence-electron chi connectivity index (χ1n) is 8.36. The van der Waals surface area contributed by atoms with Crippen LogP contribution in [0.25, 0.3) is 0 Å². The van der Waals surface area contributed by atoms with Gasteiger partial charge in [0.05, 0.1) is 4.90 Å². The molecule has 6 nitrogen and oxygen atoms in total. The zero-order valence-electron chi connectivity index (χ0n) is 14.1. The molecule has 0 aliphatic carbocycles. The Kier molecular flexibility index (Phi) is 5.27. The lowest BCUT2D eigenvalue weighted by Gasteiger charge is -2.33. The number of nitrogens with one attached hydrogen (secondary N) is 1. The summed E-state index contributed by atoms with van der Waals surface area (Å²) >= 11 is 0. The Balaban J connectivity index is 1.58. The largest absolute Gasteiger partial charge is 0.399 e. The van der Waals surface area contributed by atoms with E-state index in [2.05, 4.69) is 34.5 Å². The molecule has 0 unspecified atom stereocenters. The van der Waals surface area contributed by atoms with E-state index in [0.29, 0.717) is 17.4 Å². The number of anilines is 2. The number of primary sulfonamides is 1. The van der Waals surface area contributed by atoms with Gasteiger partial charge in [0.1, 0.15) is 0 Å². The highest BCUT2D eigenvalue weighted by molar-refractivity contribution is 7.89. The normalized spacial score (nSPS) is 16.7. The van der Waals surface area contributed by atoms with Crippen LogP contribution in [-0.4, -0.2) is 32.4 Å². The Morgan fingerprint density at radius 2 is 1.76 bits per heavy atom. The Labute approximate surface area is 148 Å². The summed E-state index contributed by atoms with van der Waals surface area (Å²) in [6.45, 7) is 2.95. The molecule has 3 rings (SSSR count). The first-order chi connectivity index (χ1) is 11.9. The average Bonchev–Trinajstić information content (AvgIpc) is 2.56. The van der Waals surface area contributed by atoms with Gasteiger partial charge in [0, 0.05) is 37.1 Å². The van der Waals surface area contributed by atoms with Gasteiger partial charge in [-0.15, -0.1) is 0 Å². The number of hydrogen-bond acceptors (Lipinski definition) is 5. The zero-order chi connectivity index (χ0) is 17.9. The molecule has 0 bridgehead atoms. The number of sulfonamides is 1. The van der Waals surface area contributed by atoms with E-state index in [0.717, 1.165) is 32.5 Å². The van der Waals surface area contributed by atoms with Crippen molar-refractivity contribution in [2.75, 3.05) is 24.1 Å². The van der Waals surface area contributed by atoms with E-state index < -0.39 is 10.0 Å². The zero-order valence-corrected chi connectivity index (χ0v) is 14.9. The van der Waals surface area contributed by atoms with Gasteiger partial charge in [-0.25, -0.2) is 13.6 Å². The van der Waals surface area contributed by atoms with Crippen molar-refractivity contribution in [3.8, 4) is 0 Å². The second-order valence-electron chi connectivity index (χ2n) is 6.52. The molecule has 7 heteroatoms. The SMILES string of the molecule is Nc1cc(NC2CCN(Cc3ccccc3)CC2)cc(S(N)(=O)=O)c1. The van der Waals surface area contributed by atoms with Crippen molar-refractivity contribution in [2.45, 2.75) is 30.3 Å². The molecule has 0 aromatic heterocycles. The quantitative estimate of drug-likeness (QED) is 0.708. The molecule has 25 heavy (non-hydrogen) atoms. The van der Waals surface area contributed by atoms with Gasteiger partial charge >= 0.3 is 0 Å². The fourth-order valence-corrected chi connectivity index (χ4v) is 3.77. The second kappa shape index (κ2) is 7.43. The highest BCUT2D eigenvalue weighted by Crippen LogP contribution is 2.23. The summed E-state index contributed by atoms with van der Waals surface area (Å²) in [4.78, 5) is 2.47. The molecule has 0 amide bonds. The summed E-state index contributed by atoms with van der Waals surface area (Å²) in [6.07, 6.45) is 1.98. The third-order valence-corrected chi connectivity index (χ3v) is 5.36. The van der Waals surface area contributed by atoms with Crippen LogP contribution in [0.2, 0.25) is 0 Å². The first kappa shape index (κ1) is 17.7. The molecule has 1 heterocycles. The van der Waals surface area contributed by atoms with E-state index in [9.17, 15) is 8.42 Å². The monoisotopic (exact) mass is 360 g/mol. The van der Waals surface area contributed by atoms with Crippen molar-refractivity contribution in [3.63, 3.8) is 0 Å². The third-order valence-electron chi connectivity index (χ3n) is 4.46. The molecule has 1 aliphatic rings. The maximum absolute atomic E-state index is 11.5. The summed E-state index contributed by atoms with van der Waals surface area (Å²) in [5.74, 6) is 0. The van der Waals surface area contributed by atoms with Gasteiger partial charge in [0.2, 0.25) is 10.0 Å². The van der Waals surface area contributed by atoms with Crippen molar-refractivity contribution >= 4 is 21.4 Å². The number of likely N-dealkylation sites (tertiary alicyclic amines) is 1. The molecule has 0 saturated carbocycles. The predicted octanol–water partition coefficient (Wildman–Crippen LogP) is 1.99. The van der Waals surface area contributed by atoms with Gasteiger partial charge in [0.25, 0.3) is 0 Å². The molecule has 5 N–H and O–H groups in total. The van der Waals surface area contributed by atoms with Gasteiger partial charge in [-0.1, -0.05) is 30.3 Å². The molecule has 134 valence electrons. The maximum Gasteiger partial charge on any atom is 0.238 e. The van der Waals surface area contributed by atoms with Crippen molar-refractivity contribution < 1.29 is 8.42 Å². The lowest BCUT2D eigenvalue weighted by atomic mass is 10.0. The van der Waals surface area contributed by atoms with Crippen molar-refractivity contribution in [3.05, 3.63) is 54.1 Å².